The molecule has 1 amide bonds. The third-order valence-electron chi connectivity index (χ3n) is 2.33. The van der Waals surface area contributed by atoms with Crippen molar-refractivity contribution >= 4 is 11.7 Å². The normalized spacial score (nSPS) is 9.18. The third-order valence-corrected chi connectivity index (χ3v) is 2.33. The van der Waals surface area contributed by atoms with Crippen LogP contribution in [-0.2, 0) is 9.59 Å². The molecule has 0 aliphatic rings. The highest BCUT2D eigenvalue weighted by atomic mass is 16.1. The quantitative estimate of drug-likeness (QED) is 0.630. The maximum atomic E-state index is 11.1. The van der Waals surface area contributed by atoms with Gasteiger partial charge in [-0.05, 0) is 19.3 Å². The van der Waals surface area contributed by atoms with E-state index in [9.17, 15) is 9.59 Å². The largest absolute Gasteiger partial charge is 0.356 e. The smallest absolute Gasteiger partial charge is 0.219 e. The van der Waals surface area contributed by atoms with Crippen molar-refractivity contribution in [1.82, 2.24) is 5.32 Å². The third kappa shape index (κ3) is 15.1. The van der Waals surface area contributed by atoms with Gasteiger partial charge in [-0.2, -0.15) is 0 Å². The van der Waals surface area contributed by atoms with Gasteiger partial charge in [-0.1, -0.05) is 34.1 Å². The molecule has 0 aliphatic heterocycles. The molecule has 102 valence electrons. The summed E-state index contributed by atoms with van der Waals surface area (Å²) < 4.78 is 0. The van der Waals surface area contributed by atoms with Gasteiger partial charge in [-0.25, -0.2) is 0 Å². The van der Waals surface area contributed by atoms with E-state index in [1.165, 1.54) is 0 Å². The average Bonchev–Trinajstić information content (AvgIpc) is 2.36. The van der Waals surface area contributed by atoms with Crippen LogP contribution in [0.5, 0.6) is 0 Å². The standard InChI is InChI=1S/C12H23NO2.C2H6/c1-3-8-12(15)13-10-7-5-6-9-11(14)4-2;1-2/h3-10H2,1-2H3,(H,13,15);1-2H3. The Kier molecular flexibility index (Phi) is 16.5. The SMILES string of the molecule is CC.CCCC(=O)NCCCCCC(=O)CC. The monoisotopic (exact) mass is 243 g/mol. The second-order valence-electron chi connectivity index (χ2n) is 3.80. The summed E-state index contributed by atoms with van der Waals surface area (Å²) >= 11 is 0. The molecule has 0 aromatic carbocycles. The van der Waals surface area contributed by atoms with Crippen molar-refractivity contribution in [2.24, 2.45) is 0 Å². The summed E-state index contributed by atoms with van der Waals surface area (Å²) in [4.78, 5) is 22.0. The summed E-state index contributed by atoms with van der Waals surface area (Å²) in [5.74, 6) is 0.479. The van der Waals surface area contributed by atoms with Crippen molar-refractivity contribution in [2.45, 2.75) is 72.6 Å². The van der Waals surface area contributed by atoms with Gasteiger partial charge in [0.2, 0.25) is 5.91 Å². The van der Waals surface area contributed by atoms with E-state index in [2.05, 4.69) is 5.32 Å². The maximum Gasteiger partial charge on any atom is 0.219 e. The lowest BCUT2D eigenvalue weighted by Crippen LogP contribution is -2.23. The van der Waals surface area contributed by atoms with Crippen LogP contribution in [0.3, 0.4) is 0 Å². The molecule has 0 saturated carbocycles. The van der Waals surface area contributed by atoms with Gasteiger partial charge in [0.25, 0.3) is 0 Å². The summed E-state index contributed by atoms with van der Waals surface area (Å²) in [6, 6.07) is 0. The zero-order chi connectivity index (χ0) is 13.5. The van der Waals surface area contributed by atoms with Crippen LogP contribution < -0.4 is 5.32 Å². The van der Waals surface area contributed by atoms with Crippen molar-refractivity contribution in [3.63, 3.8) is 0 Å². The molecule has 0 bridgehead atoms. The first-order chi connectivity index (χ1) is 8.20. The molecule has 0 saturated heterocycles. The van der Waals surface area contributed by atoms with E-state index in [1.807, 2.05) is 27.7 Å². The average molecular weight is 243 g/mol. The number of amides is 1. The predicted octanol–water partition coefficient (Wildman–Crippen LogP) is 3.47. The molecule has 0 unspecified atom stereocenters. The molecule has 0 aliphatic carbocycles. The molecule has 0 radical (unpaired) electrons. The van der Waals surface area contributed by atoms with Gasteiger partial charge < -0.3 is 5.32 Å². The molecule has 0 aromatic heterocycles. The predicted molar refractivity (Wildman–Crippen MR) is 73.0 cm³/mol. The Morgan fingerprint density at radius 2 is 1.59 bits per heavy atom. The Bertz CT molecular complexity index is 191. The molecule has 3 nitrogen and oxygen atoms in total. The van der Waals surface area contributed by atoms with Crippen LogP contribution in [-0.4, -0.2) is 18.2 Å². The highest BCUT2D eigenvalue weighted by Crippen LogP contribution is 2.01. The maximum absolute atomic E-state index is 11.1. The molecule has 17 heavy (non-hydrogen) atoms. The molecule has 0 spiro atoms. The molecular weight excluding hydrogens is 214 g/mol. The van der Waals surface area contributed by atoms with Crippen LogP contribution in [0.1, 0.15) is 72.6 Å². The number of unbranched alkanes of at least 4 members (excludes halogenated alkanes) is 2. The molecule has 0 rings (SSSR count). The minimum absolute atomic E-state index is 0.141. The fourth-order valence-electron chi connectivity index (χ4n) is 1.34. The van der Waals surface area contributed by atoms with Crippen molar-refractivity contribution < 1.29 is 9.59 Å². The fraction of sp³-hybridized carbons (Fsp3) is 0.857. The van der Waals surface area contributed by atoms with E-state index in [0.29, 0.717) is 25.0 Å². The van der Waals surface area contributed by atoms with Crippen molar-refractivity contribution in [3.05, 3.63) is 0 Å². The van der Waals surface area contributed by atoms with Gasteiger partial charge in [-0.15, -0.1) is 0 Å². The number of nitrogens with one attached hydrogen (secondary N) is 1. The molecule has 0 fully saturated rings. The van der Waals surface area contributed by atoms with Crippen LogP contribution in [0.15, 0.2) is 0 Å². The summed E-state index contributed by atoms with van der Waals surface area (Å²) in [7, 11) is 0. The first kappa shape index (κ1) is 18.5. The highest BCUT2D eigenvalue weighted by Gasteiger charge is 1.99. The van der Waals surface area contributed by atoms with E-state index >= 15 is 0 Å². The zero-order valence-corrected chi connectivity index (χ0v) is 12.0. The van der Waals surface area contributed by atoms with E-state index in [-0.39, 0.29) is 5.91 Å². The van der Waals surface area contributed by atoms with Gasteiger partial charge in [0.1, 0.15) is 5.78 Å². The van der Waals surface area contributed by atoms with Gasteiger partial charge >= 0.3 is 0 Å². The minimum Gasteiger partial charge on any atom is -0.356 e. The minimum atomic E-state index is 0.141. The van der Waals surface area contributed by atoms with Gasteiger partial charge in [0.05, 0.1) is 0 Å². The highest BCUT2D eigenvalue weighted by molar-refractivity contribution is 5.77. The number of hydrogen-bond donors (Lipinski definition) is 1. The van der Waals surface area contributed by atoms with E-state index in [1.54, 1.807) is 0 Å². The van der Waals surface area contributed by atoms with Gasteiger partial charge in [0.15, 0.2) is 0 Å². The number of hydrogen-bond acceptors (Lipinski definition) is 2. The Morgan fingerprint density at radius 1 is 0.941 bits per heavy atom. The van der Waals surface area contributed by atoms with Crippen LogP contribution in [0, 0.1) is 0 Å². The molecule has 1 N–H and O–H groups in total. The van der Waals surface area contributed by atoms with E-state index < -0.39 is 0 Å². The second kappa shape index (κ2) is 15.1. The number of ketones is 1. The van der Waals surface area contributed by atoms with Crippen molar-refractivity contribution in [1.29, 1.82) is 0 Å². The van der Waals surface area contributed by atoms with Gasteiger partial charge in [-0.3, -0.25) is 9.59 Å². The summed E-state index contributed by atoms with van der Waals surface area (Å²) in [5.41, 5.74) is 0. The Morgan fingerprint density at radius 3 is 2.12 bits per heavy atom. The first-order valence-electron chi connectivity index (χ1n) is 6.99. The lowest BCUT2D eigenvalue weighted by atomic mass is 10.1. The van der Waals surface area contributed by atoms with Crippen molar-refractivity contribution in [3.8, 4) is 0 Å². The zero-order valence-electron chi connectivity index (χ0n) is 12.0. The van der Waals surface area contributed by atoms with Crippen LogP contribution in [0.25, 0.3) is 0 Å². The topological polar surface area (TPSA) is 46.2 Å². The summed E-state index contributed by atoms with van der Waals surface area (Å²) in [6.45, 7) is 8.64. The second-order valence-corrected chi connectivity index (χ2v) is 3.80. The molecule has 0 atom stereocenters. The lowest BCUT2D eigenvalue weighted by molar-refractivity contribution is -0.121. The Labute approximate surface area is 106 Å². The molecule has 0 heterocycles. The van der Waals surface area contributed by atoms with E-state index in [4.69, 9.17) is 0 Å². The molecule has 0 aromatic rings. The first-order valence-corrected chi connectivity index (χ1v) is 6.99. The van der Waals surface area contributed by atoms with E-state index in [0.717, 1.165) is 32.2 Å². The van der Waals surface area contributed by atoms with Gasteiger partial charge in [0, 0.05) is 25.8 Å². The Hall–Kier alpha value is -0.860. The van der Waals surface area contributed by atoms with Crippen LogP contribution in [0.2, 0.25) is 0 Å². The molecular formula is C14H29NO2. The fourth-order valence-corrected chi connectivity index (χ4v) is 1.34. The van der Waals surface area contributed by atoms with Crippen LogP contribution in [0.4, 0.5) is 0 Å². The van der Waals surface area contributed by atoms with Crippen LogP contribution >= 0.6 is 0 Å². The molecule has 3 heteroatoms. The number of carbonyl (C=O) groups excluding carboxylic acids is 2. The van der Waals surface area contributed by atoms with Crippen molar-refractivity contribution in [2.75, 3.05) is 6.54 Å². The summed E-state index contributed by atoms with van der Waals surface area (Å²) in [6.07, 6.45) is 5.82. The summed E-state index contributed by atoms with van der Waals surface area (Å²) in [5, 5.41) is 2.86. The Balaban J connectivity index is 0. The number of carbonyl (C=O) groups is 2. The number of rotatable bonds is 9. The lowest BCUT2D eigenvalue weighted by Gasteiger charge is -2.03. The number of Topliss-reactive ketones (excluding diaryl/α,β-unsaturated/α-hetero) is 1.